The van der Waals surface area contributed by atoms with E-state index in [9.17, 15) is 0 Å². The summed E-state index contributed by atoms with van der Waals surface area (Å²) in [6.45, 7) is 2.65. The number of benzene rings is 1. The molecule has 1 aromatic carbocycles. The van der Waals surface area contributed by atoms with Crippen molar-refractivity contribution in [2.45, 2.75) is 12.8 Å². The summed E-state index contributed by atoms with van der Waals surface area (Å²) in [5, 5.41) is 0.566. The molecule has 0 atom stereocenters. The minimum atomic E-state index is 0.165. The van der Waals surface area contributed by atoms with Gasteiger partial charge in [0.2, 0.25) is 0 Å². The SMILES string of the molecule is CCOCOc1c(CCl)cc(Cl)cc1OC. The number of rotatable bonds is 6. The van der Waals surface area contributed by atoms with E-state index in [0.29, 0.717) is 29.0 Å². The predicted molar refractivity (Wildman–Crippen MR) is 64.7 cm³/mol. The summed E-state index contributed by atoms with van der Waals surface area (Å²) in [5.74, 6) is 1.44. The van der Waals surface area contributed by atoms with Gasteiger partial charge in [-0.2, -0.15) is 0 Å². The first-order chi connectivity index (χ1) is 7.72. The van der Waals surface area contributed by atoms with Crippen molar-refractivity contribution in [1.82, 2.24) is 0 Å². The Hall–Kier alpha value is -0.640. The number of hydrogen-bond donors (Lipinski definition) is 0. The molecule has 0 unspecified atom stereocenters. The summed E-state index contributed by atoms with van der Waals surface area (Å²) < 4.78 is 15.7. The Kier molecular flexibility index (Phi) is 5.74. The third kappa shape index (κ3) is 3.44. The summed E-state index contributed by atoms with van der Waals surface area (Å²) in [6, 6.07) is 3.43. The van der Waals surface area contributed by atoms with E-state index in [2.05, 4.69) is 0 Å². The Morgan fingerprint density at radius 3 is 2.62 bits per heavy atom. The fourth-order valence-electron chi connectivity index (χ4n) is 1.22. The van der Waals surface area contributed by atoms with Gasteiger partial charge in [0, 0.05) is 23.3 Å². The van der Waals surface area contributed by atoms with Crippen LogP contribution in [0.2, 0.25) is 5.02 Å². The highest BCUT2D eigenvalue weighted by molar-refractivity contribution is 6.31. The van der Waals surface area contributed by atoms with Crippen LogP contribution in [0.25, 0.3) is 0 Å². The van der Waals surface area contributed by atoms with Crippen LogP contribution < -0.4 is 9.47 Å². The molecule has 0 radical (unpaired) electrons. The van der Waals surface area contributed by atoms with Gasteiger partial charge in [0.25, 0.3) is 0 Å². The van der Waals surface area contributed by atoms with E-state index < -0.39 is 0 Å². The lowest BCUT2D eigenvalue weighted by Gasteiger charge is -2.14. The number of hydrogen-bond acceptors (Lipinski definition) is 3. The molecule has 0 aromatic heterocycles. The minimum Gasteiger partial charge on any atom is -0.493 e. The smallest absolute Gasteiger partial charge is 0.189 e. The molecule has 0 aliphatic heterocycles. The van der Waals surface area contributed by atoms with Crippen molar-refractivity contribution in [1.29, 1.82) is 0 Å². The van der Waals surface area contributed by atoms with Gasteiger partial charge in [-0.3, -0.25) is 0 Å². The summed E-state index contributed by atoms with van der Waals surface area (Å²) in [5.41, 5.74) is 0.783. The average molecular weight is 265 g/mol. The van der Waals surface area contributed by atoms with Crippen molar-refractivity contribution >= 4 is 23.2 Å². The van der Waals surface area contributed by atoms with E-state index in [1.807, 2.05) is 6.92 Å². The molecule has 0 saturated heterocycles. The molecule has 5 heteroatoms. The van der Waals surface area contributed by atoms with E-state index in [4.69, 9.17) is 37.4 Å². The first-order valence-corrected chi connectivity index (χ1v) is 5.77. The van der Waals surface area contributed by atoms with Gasteiger partial charge in [0.05, 0.1) is 13.0 Å². The molecule has 16 heavy (non-hydrogen) atoms. The van der Waals surface area contributed by atoms with E-state index in [0.717, 1.165) is 5.56 Å². The normalized spacial score (nSPS) is 10.2. The monoisotopic (exact) mass is 264 g/mol. The first-order valence-electron chi connectivity index (χ1n) is 4.85. The van der Waals surface area contributed by atoms with Crippen molar-refractivity contribution in [2.75, 3.05) is 20.5 Å². The Bertz CT molecular complexity index is 317. The van der Waals surface area contributed by atoms with Crippen LogP contribution in [0.4, 0.5) is 0 Å². The van der Waals surface area contributed by atoms with Crippen molar-refractivity contribution in [3.05, 3.63) is 22.7 Å². The highest BCUT2D eigenvalue weighted by Crippen LogP contribution is 2.35. The molecule has 0 bridgehead atoms. The van der Waals surface area contributed by atoms with Gasteiger partial charge in [0.1, 0.15) is 0 Å². The largest absolute Gasteiger partial charge is 0.493 e. The molecule has 90 valence electrons. The van der Waals surface area contributed by atoms with E-state index in [-0.39, 0.29) is 6.79 Å². The van der Waals surface area contributed by atoms with Crippen molar-refractivity contribution < 1.29 is 14.2 Å². The zero-order chi connectivity index (χ0) is 12.0. The number of halogens is 2. The molecule has 0 N–H and O–H groups in total. The molecule has 0 aliphatic rings. The van der Waals surface area contributed by atoms with Gasteiger partial charge in [-0.1, -0.05) is 11.6 Å². The second kappa shape index (κ2) is 6.84. The van der Waals surface area contributed by atoms with Crippen LogP contribution in [-0.4, -0.2) is 20.5 Å². The van der Waals surface area contributed by atoms with E-state index in [1.54, 1.807) is 19.2 Å². The molecular formula is C11H14Cl2O3. The summed E-state index contributed by atoms with van der Waals surface area (Å²) in [6.07, 6.45) is 0. The third-order valence-electron chi connectivity index (χ3n) is 1.95. The Labute approximate surface area is 105 Å². The maximum Gasteiger partial charge on any atom is 0.189 e. The van der Waals surface area contributed by atoms with Gasteiger partial charge in [-0.25, -0.2) is 0 Å². The van der Waals surface area contributed by atoms with Gasteiger partial charge in [0.15, 0.2) is 18.3 Å². The molecule has 3 nitrogen and oxygen atoms in total. The second-order valence-electron chi connectivity index (χ2n) is 2.98. The molecule has 0 aliphatic carbocycles. The molecule has 0 spiro atoms. The van der Waals surface area contributed by atoms with Crippen molar-refractivity contribution in [3.63, 3.8) is 0 Å². The number of ether oxygens (including phenoxy) is 3. The lowest BCUT2D eigenvalue weighted by atomic mass is 10.2. The molecule has 0 fully saturated rings. The predicted octanol–water partition coefficient (Wildman–Crippen LogP) is 3.46. The van der Waals surface area contributed by atoms with Gasteiger partial charge >= 0.3 is 0 Å². The van der Waals surface area contributed by atoms with Crippen LogP contribution in [0.15, 0.2) is 12.1 Å². The van der Waals surface area contributed by atoms with Crippen LogP contribution in [0.1, 0.15) is 12.5 Å². The quantitative estimate of drug-likeness (QED) is 0.448. The lowest BCUT2D eigenvalue weighted by molar-refractivity contribution is 0.0204. The van der Waals surface area contributed by atoms with Gasteiger partial charge in [-0.05, 0) is 13.0 Å². The standard InChI is InChI=1S/C11H14Cl2O3/c1-3-15-7-16-11-8(6-12)4-9(13)5-10(11)14-2/h4-5H,3,6-7H2,1-2H3. The molecule has 0 heterocycles. The topological polar surface area (TPSA) is 27.7 Å². The summed E-state index contributed by atoms with van der Waals surface area (Å²) in [4.78, 5) is 0. The fraction of sp³-hybridized carbons (Fsp3) is 0.455. The molecule has 0 amide bonds. The Balaban J connectivity index is 2.93. The first kappa shape index (κ1) is 13.4. The van der Waals surface area contributed by atoms with Crippen LogP contribution >= 0.6 is 23.2 Å². The second-order valence-corrected chi connectivity index (χ2v) is 3.69. The maximum absolute atomic E-state index is 5.92. The third-order valence-corrected chi connectivity index (χ3v) is 2.46. The van der Waals surface area contributed by atoms with Crippen LogP contribution in [0.3, 0.4) is 0 Å². The summed E-state index contributed by atoms with van der Waals surface area (Å²) >= 11 is 11.7. The van der Waals surface area contributed by atoms with Crippen molar-refractivity contribution in [3.8, 4) is 11.5 Å². The maximum atomic E-state index is 5.92. The highest BCUT2D eigenvalue weighted by atomic mass is 35.5. The zero-order valence-electron chi connectivity index (χ0n) is 9.26. The van der Waals surface area contributed by atoms with Crippen LogP contribution in [-0.2, 0) is 10.6 Å². The molecule has 0 saturated carbocycles. The zero-order valence-corrected chi connectivity index (χ0v) is 10.8. The molecule has 1 aromatic rings. The van der Waals surface area contributed by atoms with Crippen LogP contribution in [0, 0.1) is 0 Å². The summed E-state index contributed by atoms with van der Waals surface area (Å²) in [7, 11) is 1.55. The van der Waals surface area contributed by atoms with Gasteiger partial charge in [-0.15, -0.1) is 11.6 Å². The highest BCUT2D eigenvalue weighted by Gasteiger charge is 2.12. The Morgan fingerprint density at radius 1 is 1.31 bits per heavy atom. The number of alkyl halides is 1. The Morgan fingerprint density at radius 2 is 2.06 bits per heavy atom. The number of methoxy groups -OCH3 is 1. The fourth-order valence-corrected chi connectivity index (χ4v) is 1.65. The van der Waals surface area contributed by atoms with Gasteiger partial charge < -0.3 is 14.2 Å². The van der Waals surface area contributed by atoms with E-state index in [1.165, 1.54) is 0 Å². The van der Waals surface area contributed by atoms with E-state index >= 15 is 0 Å². The minimum absolute atomic E-state index is 0.165. The lowest BCUT2D eigenvalue weighted by Crippen LogP contribution is -2.05. The molecular weight excluding hydrogens is 251 g/mol. The average Bonchev–Trinajstić information content (AvgIpc) is 2.30. The molecule has 1 rings (SSSR count). The van der Waals surface area contributed by atoms with Crippen LogP contribution in [0.5, 0.6) is 11.5 Å². The van der Waals surface area contributed by atoms with Crippen molar-refractivity contribution in [2.24, 2.45) is 0 Å².